The fourth-order valence-electron chi connectivity index (χ4n) is 2.25. The van der Waals surface area contributed by atoms with Gasteiger partial charge >= 0.3 is 0 Å². The summed E-state index contributed by atoms with van der Waals surface area (Å²) in [5.74, 6) is 0.835. The monoisotopic (exact) mass is 330 g/mol. The summed E-state index contributed by atoms with van der Waals surface area (Å²) in [4.78, 5) is 0. The predicted octanol–water partition coefficient (Wildman–Crippen LogP) is 2.90. The Kier molecular flexibility index (Phi) is 6.84. The molecule has 2 N–H and O–H groups in total. The first-order chi connectivity index (χ1) is 11.2. The largest absolute Gasteiger partial charge is 0.497 e. The highest BCUT2D eigenvalue weighted by atomic mass is 32.1. The maximum atomic E-state index is 5.39. The summed E-state index contributed by atoms with van der Waals surface area (Å²) in [5.41, 5.74) is 2.27. The molecule has 0 saturated heterocycles. The Bertz CT molecular complexity index is 602. The Morgan fingerprint density at radius 1 is 1.00 bits per heavy atom. The molecular formula is C18H22N2O2S. The molecular weight excluding hydrogens is 308 g/mol. The topological polar surface area (TPSA) is 42.5 Å². The normalized spacial score (nSPS) is 11.6. The average Bonchev–Trinajstić information content (AvgIpc) is 2.61. The lowest BCUT2D eigenvalue weighted by molar-refractivity contribution is 0.204. The quantitative estimate of drug-likeness (QED) is 0.604. The number of thiocarbonyl (C=S) groups is 1. The molecule has 2 rings (SSSR count). The SMILES string of the molecule is COCCNC(=S)N[C@H](c1ccccc1)c1ccc(OC)cc1. The molecule has 0 aromatic heterocycles. The highest BCUT2D eigenvalue weighted by molar-refractivity contribution is 7.80. The standard InChI is InChI=1S/C18H22N2O2S/c1-21-13-12-19-18(23)20-17(14-6-4-3-5-7-14)15-8-10-16(22-2)11-9-15/h3-11,17H,12-13H2,1-2H3,(H2,19,20,23)/t17-/m1/s1. The molecule has 122 valence electrons. The zero-order valence-electron chi connectivity index (χ0n) is 13.4. The molecule has 0 fully saturated rings. The van der Waals surface area contributed by atoms with Crippen molar-refractivity contribution >= 4 is 17.3 Å². The van der Waals surface area contributed by atoms with Gasteiger partial charge in [0, 0.05) is 13.7 Å². The van der Waals surface area contributed by atoms with Crippen LogP contribution in [0.5, 0.6) is 5.75 Å². The summed E-state index contributed by atoms with van der Waals surface area (Å²) in [6.07, 6.45) is 0. The third kappa shape index (κ3) is 5.23. The van der Waals surface area contributed by atoms with E-state index in [1.807, 2.05) is 42.5 Å². The second-order valence-electron chi connectivity index (χ2n) is 5.01. The Hall–Kier alpha value is -2.11. The Morgan fingerprint density at radius 3 is 2.26 bits per heavy atom. The molecule has 0 aliphatic carbocycles. The van der Waals surface area contributed by atoms with Crippen LogP contribution in [0.3, 0.4) is 0 Å². The second kappa shape index (κ2) is 9.12. The summed E-state index contributed by atoms with van der Waals surface area (Å²) in [6.45, 7) is 1.28. The van der Waals surface area contributed by atoms with Gasteiger partial charge in [0.1, 0.15) is 5.75 Å². The van der Waals surface area contributed by atoms with Crippen molar-refractivity contribution in [2.75, 3.05) is 27.4 Å². The van der Waals surface area contributed by atoms with Gasteiger partial charge < -0.3 is 20.1 Å². The molecule has 2 aromatic carbocycles. The maximum absolute atomic E-state index is 5.39. The second-order valence-corrected chi connectivity index (χ2v) is 5.42. The van der Waals surface area contributed by atoms with Gasteiger partial charge in [-0.1, -0.05) is 42.5 Å². The first-order valence-corrected chi connectivity index (χ1v) is 7.87. The van der Waals surface area contributed by atoms with E-state index in [0.29, 0.717) is 18.3 Å². The number of ether oxygens (including phenoxy) is 2. The van der Waals surface area contributed by atoms with Gasteiger partial charge in [-0.15, -0.1) is 0 Å². The smallest absolute Gasteiger partial charge is 0.167 e. The van der Waals surface area contributed by atoms with Crippen molar-refractivity contribution in [3.63, 3.8) is 0 Å². The Balaban J connectivity index is 2.16. The minimum atomic E-state index is -0.0235. The first-order valence-electron chi connectivity index (χ1n) is 7.47. The van der Waals surface area contributed by atoms with Gasteiger partial charge in [0.25, 0.3) is 0 Å². The summed E-state index contributed by atoms with van der Waals surface area (Å²) in [6, 6.07) is 18.2. The van der Waals surface area contributed by atoms with Crippen LogP contribution in [0, 0.1) is 0 Å². The number of methoxy groups -OCH3 is 2. The van der Waals surface area contributed by atoms with E-state index in [0.717, 1.165) is 16.9 Å². The number of hydrogen-bond acceptors (Lipinski definition) is 3. The molecule has 2 aromatic rings. The van der Waals surface area contributed by atoms with E-state index >= 15 is 0 Å². The van der Waals surface area contributed by atoms with E-state index in [1.54, 1.807) is 14.2 Å². The van der Waals surface area contributed by atoms with Gasteiger partial charge in [0.2, 0.25) is 0 Å². The zero-order chi connectivity index (χ0) is 16.5. The lowest BCUT2D eigenvalue weighted by Gasteiger charge is -2.22. The van der Waals surface area contributed by atoms with Gasteiger partial charge in [-0.25, -0.2) is 0 Å². The number of benzene rings is 2. The van der Waals surface area contributed by atoms with Crippen LogP contribution < -0.4 is 15.4 Å². The number of rotatable bonds is 7. The molecule has 0 aliphatic rings. The third-order valence-corrected chi connectivity index (χ3v) is 3.71. The molecule has 0 spiro atoms. The number of hydrogen-bond donors (Lipinski definition) is 2. The van der Waals surface area contributed by atoms with Crippen molar-refractivity contribution in [2.24, 2.45) is 0 Å². The lowest BCUT2D eigenvalue weighted by Crippen LogP contribution is -2.39. The van der Waals surface area contributed by atoms with Crippen molar-refractivity contribution in [1.82, 2.24) is 10.6 Å². The highest BCUT2D eigenvalue weighted by Crippen LogP contribution is 2.24. The molecule has 0 amide bonds. The molecule has 0 bridgehead atoms. The van der Waals surface area contributed by atoms with Gasteiger partial charge in [-0.2, -0.15) is 0 Å². The van der Waals surface area contributed by atoms with Crippen LogP contribution >= 0.6 is 12.2 Å². The summed E-state index contributed by atoms with van der Waals surface area (Å²) in [7, 11) is 3.33. The summed E-state index contributed by atoms with van der Waals surface area (Å²) < 4.78 is 10.3. The first kappa shape index (κ1) is 17.2. The van der Waals surface area contributed by atoms with E-state index < -0.39 is 0 Å². The van der Waals surface area contributed by atoms with Crippen molar-refractivity contribution in [3.05, 3.63) is 65.7 Å². The Labute approximate surface area is 142 Å². The fourth-order valence-corrected chi connectivity index (χ4v) is 2.47. The van der Waals surface area contributed by atoms with Crippen LogP contribution in [0.25, 0.3) is 0 Å². The third-order valence-electron chi connectivity index (χ3n) is 3.45. The molecule has 4 nitrogen and oxygen atoms in total. The van der Waals surface area contributed by atoms with Crippen LogP contribution in [-0.4, -0.2) is 32.5 Å². The average molecular weight is 330 g/mol. The van der Waals surface area contributed by atoms with Crippen molar-refractivity contribution in [1.29, 1.82) is 0 Å². The van der Waals surface area contributed by atoms with E-state index in [2.05, 4.69) is 22.8 Å². The van der Waals surface area contributed by atoms with E-state index in [9.17, 15) is 0 Å². The molecule has 0 saturated carbocycles. The minimum absolute atomic E-state index is 0.0235. The number of nitrogens with one attached hydrogen (secondary N) is 2. The van der Waals surface area contributed by atoms with Crippen LogP contribution in [0.2, 0.25) is 0 Å². The zero-order valence-corrected chi connectivity index (χ0v) is 14.2. The predicted molar refractivity (Wildman–Crippen MR) is 96.9 cm³/mol. The summed E-state index contributed by atoms with van der Waals surface area (Å²) >= 11 is 5.39. The van der Waals surface area contributed by atoms with E-state index in [1.165, 1.54) is 0 Å². The van der Waals surface area contributed by atoms with Crippen LogP contribution in [0.15, 0.2) is 54.6 Å². The van der Waals surface area contributed by atoms with Crippen molar-refractivity contribution in [2.45, 2.75) is 6.04 Å². The molecule has 5 heteroatoms. The van der Waals surface area contributed by atoms with Crippen LogP contribution in [0.1, 0.15) is 17.2 Å². The highest BCUT2D eigenvalue weighted by Gasteiger charge is 2.15. The van der Waals surface area contributed by atoms with E-state index in [-0.39, 0.29) is 6.04 Å². The fraction of sp³-hybridized carbons (Fsp3) is 0.278. The lowest BCUT2D eigenvalue weighted by atomic mass is 9.99. The van der Waals surface area contributed by atoms with Crippen LogP contribution in [0.4, 0.5) is 0 Å². The van der Waals surface area contributed by atoms with Gasteiger partial charge in [-0.05, 0) is 35.5 Å². The maximum Gasteiger partial charge on any atom is 0.167 e. The Morgan fingerprint density at radius 2 is 1.65 bits per heavy atom. The molecule has 0 aliphatic heterocycles. The molecule has 0 heterocycles. The molecule has 0 unspecified atom stereocenters. The summed E-state index contributed by atoms with van der Waals surface area (Å²) in [5, 5.41) is 7.12. The van der Waals surface area contributed by atoms with Gasteiger partial charge in [-0.3, -0.25) is 0 Å². The minimum Gasteiger partial charge on any atom is -0.497 e. The molecule has 23 heavy (non-hydrogen) atoms. The van der Waals surface area contributed by atoms with E-state index in [4.69, 9.17) is 21.7 Å². The van der Waals surface area contributed by atoms with Crippen molar-refractivity contribution in [3.8, 4) is 5.75 Å². The van der Waals surface area contributed by atoms with Crippen molar-refractivity contribution < 1.29 is 9.47 Å². The van der Waals surface area contributed by atoms with Gasteiger partial charge in [0.15, 0.2) is 5.11 Å². The molecule has 0 radical (unpaired) electrons. The van der Waals surface area contributed by atoms with Crippen LogP contribution in [-0.2, 0) is 4.74 Å². The van der Waals surface area contributed by atoms with Gasteiger partial charge in [0.05, 0.1) is 19.8 Å². The molecule has 1 atom stereocenters.